The highest BCUT2D eigenvalue weighted by Crippen LogP contribution is 2.26. The van der Waals surface area contributed by atoms with Crippen molar-refractivity contribution in [3.63, 3.8) is 0 Å². The van der Waals surface area contributed by atoms with Gasteiger partial charge in [0, 0.05) is 24.2 Å². The van der Waals surface area contributed by atoms with Crippen molar-refractivity contribution in [2.24, 2.45) is 12.0 Å². The van der Waals surface area contributed by atoms with E-state index in [9.17, 15) is 5.11 Å². The summed E-state index contributed by atoms with van der Waals surface area (Å²) < 4.78 is 1.78. The standard InChI is InChI=1S/C20H23ClN4OS/c1-4-25(5-2)13-15-12-17(26)10-11-18(15)22-20-24(3)23-19(27-20)14-6-8-16(21)9-7-14/h6-12,26H,4-5,13H2,1-3H3. The number of benzene rings is 2. The van der Waals surface area contributed by atoms with Gasteiger partial charge in [0.1, 0.15) is 10.8 Å². The van der Waals surface area contributed by atoms with E-state index in [1.54, 1.807) is 16.8 Å². The molecule has 3 aromatic rings. The fraction of sp³-hybridized carbons (Fsp3) is 0.300. The zero-order valence-electron chi connectivity index (χ0n) is 15.7. The summed E-state index contributed by atoms with van der Waals surface area (Å²) in [7, 11) is 1.89. The Morgan fingerprint density at radius 3 is 2.52 bits per heavy atom. The van der Waals surface area contributed by atoms with Crippen molar-refractivity contribution in [3.8, 4) is 16.3 Å². The Kier molecular flexibility index (Phi) is 6.31. The second-order valence-electron chi connectivity index (χ2n) is 6.21. The maximum Gasteiger partial charge on any atom is 0.208 e. The van der Waals surface area contributed by atoms with Gasteiger partial charge in [-0.25, -0.2) is 9.67 Å². The van der Waals surface area contributed by atoms with Crippen molar-refractivity contribution < 1.29 is 5.11 Å². The third-order valence-electron chi connectivity index (χ3n) is 4.36. The van der Waals surface area contributed by atoms with Gasteiger partial charge >= 0.3 is 0 Å². The molecule has 0 aliphatic heterocycles. The molecule has 0 atom stereocenters. The Labute approximate surface area is 168 Å². The Hall–Kier alpha value is -2.15. The molecule has 0 amide bonds. The minimum atomic E-state index is 0.256. The van der Waals surface area contributed by atoms with Crippen LogP contribution in [0.15, 0.2) is 47.5 Å². The second-order valence-corrected chi connectivity index (χ2v) is 7.60. The number of aromatic nitrogens is 2. The number of aryl methyl sites for hydroxylation is 1. The third-order valence-corrected chi connectivity index (χ3v) is 5.67. The van der Waals surface area contributed by atoms with Crippen LogP contribution in [0.2, 0.25) is 5.02 Å². The molecule has 0 unspecified atom stereocenters. The predicted molar refractivity (Wildman–Crippen MR) is 111 cm³/mol. The van der Waals surface area contributed by atoms with Crippen LogP contribution in [0.3, 0.4) is 0 Å². The molecular formula is C20H23ClN4OS. The van der Waals surface area contributed by atoms with Gasteiger partial charge < -0.3 is 5.11 Å². The summed E-state index contributed by atoms with van der Waals surface area (Å²) in [5.41, 5.74) is 2.86. The summed E-state index contributed by atoms with van der Waals surface area (Å²) in [6.45, 7) is 6.89. The number of phenols is 1. The van der Waals surface area contributed by atoms with Gasteiger partial charge in [-0.05, 0) is 49.0 Å². The number of halogens is 1. The lowest BCUT2D eigenvalue weighted by Gasteiger charge is -2.19. The molecule has 1 aromatic heterocycles. The molecule has 1 heterocycles. The van der Waals surface area contributed by atoms with Crippen molar-refractivity contribution in [2.45, 2.75) is 20.4 Å². The van der Waals surface area contributed by atoms with Crippen LogP contribution in [-0.2, 0) is 13.6 Å². The second kappa shape index (κ2) is 8.69. The van der Waals surface area contributed by atoms with Crippen LogP contribution in [0.4, 0.5) is 5.69 Å². The fourth-order valence-corrected chi connectivity index (χ4v) is 3.79. The van der Waals surface area contributed by atoms with Crippen molar-refractivity contribution in [3.05, 3.63) is 57.9 Å². The lowest BCUT2D eigenvalue weighted by molar-refractivity contribution is 0.295. The highest BCUT2D eigenvalue weighted by atomic mass is 35.5. The Bertz CT molecular complexity index is 974. The largest absolute Gasteiger partial charge is 0.508 e. The molecule has 0 saturated heterocycles. The minimum absolute atomic E-state index is 0.256. The van der Waals surface area contributed by atoms with E-state index >= 15 is 0 Å². The van der Waals surface area contributed by atoms with E-state index in [0.29, 0.717) is 5.02 Å². The Morgan fingerprint density at radius 2 is 1.85 bits per heavy atom. The molecule has 0 aliphatic carbocycles. The molecule has 0 aliphatic rings. The number of aromatic hydroxyl groups is 1. The molecule has 3 rings (SSSR count). The molecule has 0 radical (unpaired) electrons. The van der Waals surface area contributed by atoms with Crippen LogP contribution >= 0.6 is 22.9 Å². The van der Waals surface area contributed by atoms with Crippen molar-refractivity contribution >= 4 is 28.6 Å². The first-order chi connectivity index (χ1) is 13.0. The summed E-state index contributed by atoms with van der Waals surface area (Å²) in [5.74, 6) is 0.256. The highest BCUT2D eigenvalue weighted by Gasteiger charge is 2.10. The van der Waals surface area contributed by atoms with Gasteiger partial charge in [-0.1, -0.05) is 48.9 Å². The van der Waals surface area contributed by atoms with Crippen LogP contribution in [0.1, 0.15) is 19.4 Å². The van der Waals surface area contributed by atoms with Gasteiger partial charge in [0.15, 0.2) is 0 Å². The molecule has 7 heteroatoms. The van der Waals surface area contributed by atoms with Crippen molar-refractivity contribution in [2.75, 3.05) is 13.1 Å². The lowest BCUT2D eigenvalue weighted by Crippen LogP contribution is -2.22. The molecule has 0 fully saturated rings. The lowest BCUT2D eigenvalue weighted by atomic mass is 10.1. The average Bonchev–Trinajstić information content (AvgIpc) is 3.02. The van der Waals surface area contributed by atoms with Gasteiger partial charge in [0.05, 0.1) is 5.69 Å². The normalized spacial score (nSPS) is 12.1. The van der Waals surface area contributed by atoms with Gasteiger partial charge in [0.2, 0.25) is 4.80 Å². The maximum absolute atomic E-state index is 9.91. The first-order valence-electron chi connectivity index (χ1n) is 8.89. The zero-order chi connectivity index (χ0) is 19.4. The van der Waals surface area contributed by atoms with E-state index in [2.05, 4.69) is 23.8 Å². The third kappa shape index (κ3) is 4.77. The average molecular weight is 403 g/mol. The summed E-state index contributed by atoms with van der Waals surface area (Å²) in [5, 5.41) is 16.1. The highest BCUT2D eigenvalue weighted by molar-refractivity contribution is 7.12. The molecule has 27 heavy (non-hydrogen) atoms. The van der Waals surface area contributed by atoms with Gasteiger partial charge in [-0.15, -0.1) is 0 Å². The maximum atomic E-state index is 9.91. The SMILES string of the molecule is CCN(CC)Cc1cc(O)ccc1N=c1sc(-c2ccc(Cl)cc2)nn1C. The zero-order valence-corrected chi connectivity index (χ0v) is 17.3. The minimum Gasteiger partial charge on any atom is -0.508 e. The van der Waals surface area contributed by atoms with E-state index in [0.717, 1.165) is 46.3 Å². The monoisotopic (exact) mass is 402 g/mol. The molecule has 5 nitrogen and oxygen atoms in total. The van der Waals surface area contributed by atoms with Crippen LogP contribution in [0.5, 0.6) is 5.75 Å². The molecular weight excluding hydrogens is 380 g/mol. The molecule has 1 N–H and O–H groups in total. The van der Waals surface area contributed by atoms with E-state index in [-0.39, 0.29) is 5.75 Å². The smallest absolute Gasteiger partial charge is 0.208 e. The first kappa shape index (κ1) is 19.6. The van der Waals surface area contributed by atoms with Crippen LogP contribution < -0.4 is 4.80 Å². The van der Waals surface area contributed by atoms with Gasteiger partial charge in [0.25, 0.3) is 0 Å². The Balaban J connectivity index is 2.00. The topological polar surface area (TPSA) is 53.6 Å². The molecule has 0 bridgehead atoms. The number of phenolic OH excluding ortho intramolecular Hbond substituents is 1. The van der Waals surface area contributed by atoms with Gasteiger partial charge in [-0.2, -0.15) is 5.10 Å². The molecule has 0 spiro atoms. The summed E-state index contributed by atoms with van der Waals surface area (Å²) in [6.07, 6.45) is 0. The first-order valence-corrected chi connectivity index (χ1v) is 10.1. The van der Waals surface area contributed by atoms with Crippen LogP contribution in [0, 0.1) is 0 Å². The predicted octanol–water partition coefficient (Wildman–Crippen LogP) is 4.58. The van der Waals surface area contributed by atoms with E-state index in [1.165, 1.54) is 11.3 Å². The van der Waals surface area contributed by atoms with Crippen LogP contribution in [0.25, 0.3) is 10.6 Å². The van der Waals surface area contributed by atoms with E-state index < -0.39 is 0 Å². The number of rotatable bonds is 6. The number of hydrogen-bond acceptors (Lipinski definition) is 5. The van der Waals surface area contributed by atoms with Crippen LogP contribution in [-0.4, -0.2) is 32.9 Å². The number of hydrogen-bond donors (Lipinski definition) is 1. The van der Waals surface area contributed by atoms with Crippen molar-refractivity contribution in [1.29, 1.82) is 0 Å². The van der Waals surface area contributed by atoms with E-state index in [1.807, 2.05) is 37.4 Å². The quantitative estimate of drug-likeness (QED) is 0.656. The van der Waals surface area contributed by atoms with E-state index in [4.69, 9.17) is 16.6 Å². The summed E-state index contributed by atoms with van der Waals surface area (Å²) in [4.78, 5) is 7.91. The number of nitrogens with zero attached hydrogens (tertiary/aromatic N) is 4. The molecule has 142 valence electrons. The molecule has 2 aromatic carbocycles. The Morgan fingerprint density at radius 1 is 1.15 bits per heavy atom. The summed E-state index contributed by atoms with van der Waals surface area (Å²) in [6, 6.07) is 12.9. The molecule has 0 saturated carbocycles. The fourth-order valence-electron chi connectivity index (χ4n) is 2.76. The summed E-state index contributed by atoms with van der Waals surface area (Å²) >= 11 is 7.50. The van der Waals surface area contributed by atoms with Gasteiger partial charge in [-0.3, -0.25) is 4.90 Å². The van der Waals surface area contributed by atoms with Crippen molar-refractivity contribution in [1.82, 2.24) is 14.7 Å².